The molecule has 168 valence electrons. The molecule has 0 unspecified atom stereocenters. The summed E-state index contributed by atoms with van der Waals surface area (Å²) in [6, 6.07) is 0. The van der Waals surface area contributed by atoms with Crippen LogP contribution in [-0.2, 0) is 4.79 Å². The van der Waals surface area contributed by atoms with Crippen molar-refractivity contribution >= 4 is 5.78 Å². The van der Waals surface area contributed by atoms with Crippen molar-refractivity contribution in [3.05, 3.63) is 0 Å². The standard InChI is InChI=1S/C14H28O14/c15-1-3(17)5(19)7(21)9(23)11(25)13(27)14(28)12(26)10(24)8(22)6(20)4(18)2-16/h3-13,15-27H,1-2H2/t3-,4-,5-,6-,7+,8+,9+,10+,11-,12-,13-/m1/s1. The van der Waals surface area contributed by atoms with Gasteiger partial charge in [0.15, 0.2) is 5.78 Å². The van der Waals surface area contributed by atoms with E-state index in [0.717, 1.165) is 0 Å². The highest BCUT2D eigenvalue weighted by Crippen LogP contribution is 2.15. The zero-order valence-corrected chi connectivity index (χ0v) is 14.5. The van der Waals surface area contributed by atoms with Gasteiger partial charge in [-0.3, -0.25) is 4.79 Å². The Hall–Kier alpha value is -0.850. The van der Waals surface area contributed by atoms with Crippen LogP contribution in [0.1, 0.15) is 0 Å². The fraction of sp³-hybridized carbons (Fsp3) is 0.929. The van der Waals surface area contributed by atoms with Crippen molar-refractivity contribution in [1.29, 1.82) is 0 Å². The van der Waals surface area contributed by atoms with E-state index in [1.165, 1.54) is 0 Å². The van der Waals surface area contributed by atoms with Gasteiger partial charge in [0.25, 0.3) is 0 Å². The highest BCUT2D eigenvalue weighted by Gasteiger charge is 2.44. The summed E-state index contributed by atoms with van der Waals surface area (Å²) in [7, 11) is 0. The van der Waals surface area contributed by atoms with E-state index in [1.807, 2.05) is 0 Å². The molecule has 0 rings (SSSR count). The van der Waals surface area contributed by atoms with Gasteiger partial charge in [-0.15, -0.1) is 0 Å². The van der Waals surface area contributed by atoms with Crippen LogP contribution in [0.4, 0.5) is 0 Å². The molecule has 0 aromatic rings. The number of carbonyl (C=O) groups is 1. The van der Waals surface area contributed by atoms with Crippen LogP contribution >= 0.6 is 0 Å². The summed E-state index contributed by atoms with van der Waals surface area (Å²) in [4.78, 5) is 11.9. The van der Waals surface area contributed by atoms with Crippen molar-refractivity contribution in [3.8, 4) is 0 Å². The molecule has 13 N–H and O–H groups in total. The second kappa shape index (κ2) is 12.0. The Morgan fingerprint density at radius 2 is 0.714 bits per heavy atom. The van der Waals surface area contributed by atoms with Gasteiger partial charge in [-0.25, -0.2) is 0 Å². The van der Waals surface area contributed by atoms with Gasteiger partial charge >= 0.3 is 0 Å². The molecule has 0 aliphatic rings. The molecule has 28 heavy (non-hydrogen) atoms. The summed E-state index contributed by atoms with van der Waals surface area (Å²) in [5.41, 5.74) is 0. The summed E-state index contributed by atoms with van der Waals surface area (Å²) in [5.74, 6) is -1.78. The van der Waals surface area contributed by atoms with Crippen molar-refractivity contribution in [2.24, 2.45) is 0 Å². The third-order valence-corrected chi connectivity index (χ3v) is 4.14. The first-order chi connectivity index (χ1) is 12.8. The SMILES string of the molecule is O=C([C@H](O)[C@H](O)[C@@H](O)[C@@H](O)[C@H](O)[C@H](O)CO)[C@H](O)[C@@H](O)[C@@H](O)[C@H](O)[C@H](O)CO. The van der Waals surface area contributed by atoms with Crippen LogP contribution in [0.25, 0.3) is 0 Å². The first-order valence-electron chi connectivity index (χ1n) is 8.07. The number of Topliss-reactive ketones (excluding diaryl/α,β-unsaturated/α-hetero) is 1. The van der Waals surface area contributed by atoms with Gasteiger partial charge in [0.2, 0.25) is 0 Å². The molecule has 0 aromatic heterocycles. The lowest BCUT2D eigenvalue weighted by Gasteiger charge is -2.32. The van der Waals surface area contributed by atoms with Crippen LogP contribution in [0.5, 0.6) is 0 Å². The molecule has 11 atom stereocenters. The van der Waals surface area contributed by atoms with Gasteiger partial charge in [-0.2, -0.15) is 0 Å². The van der Waals surface area contributed by atoms with Crippen molar-refractivity contribution in [2.45, 2.75) is 67.1 Å². The van der Waals surface area contributed by atoms with Crippen LogP contribution in [0.3, 0.4) is 0 Å². The molecule has 14 nitrogen and oxygen atoms in total. The number of carbonyl (C=O) groups excluding carboxylic acids is 1. The van der Waals surface area contributed by atoms with Crippen LogP contribution in [0.15, 0.2) is 0 Å². The highest BCUT2D eigenvalue weighted by molar-refractivity contribution is 5.88. The lowest BCUT2D eigenvalue weighted by atomic mass is 9.90. The van der Waals surface area contributed by atoms with Gasteiger partial charge in [0.05, 0.1) is 13.2 Å². The maximum atomic E-state index is 11.9. The van der Waals surface area contributed by atoms with Crippen molar-refractivity contribution in [1.82, 2.24) is 0 Å². The van der Waals surface area contributed by atoms with Crippen molar-refractivity contribution < 1.29 is 71.2 Å². The molecular weight excluding hydrogens is 392 g/mol. The monoisotopic (exact) mass is 420 g/mol. The number of ketones is 1. The van der Waals surface area contributed by atoms with Crippen LogP contribution in [0.2, 0.25) is 0 Å². The van der Waals surface area contributed by atoms with Crippen LogP contribution in [0, 0.1) is 0 Å². The number of aliphatic hydroxyl groups excluding tert-OH is 13. The Bertz CT molecular complexity index is 463. The maximum Gasteiger partial charge on any atom is 0.195 e. The summed E-state index contributed by atoms with van der Waals surface area (Å²) in [6.45, 7) is -2.07. The summed E-state index contributed by atoms with van der Waals surface area (Å²) >= 11 is 0. The molecule has 0 aliphatic heterocycles. The average Bonchev–Trinajstić information content (AvgIpc) is 2.72. The zero-order valence-electron chi connectivity index (χ0n) is 14.5. The molecule has 0 radical (unpaired) electrons. The van der Waals surface area contributed by atoms with E-state index in [-0.39, 0.29) is 0 Å². The number of hydrogen-bond acceptors (Lipinski definition) is 14. The van der Waals surface area contributed by atoms with Gasteiger partial charge in [-0.05, 0) is 0 Å². The molecule has 0 bridgehead atoms. The minimum Gasteiger partial charge on any atom is -0.394 e. The third-order valence-electron chi connectivity index (χ3n) is 4.14. The van der Waals surface area contributed by atoms with Crippen molar-refractivity contribution in [2.75, 3.05) is 13.2 Å². The van der Waals surface area contributed by atoms with E-state index in [0.29, 0.717) is 0 Å². The summed E-state index contributed by atoms with van der Waals surface area (Å²) < 4.78 is 0. The minimum atomic E-state index is -2.68. The topological polar surface area (TPSA) is 280 Å². The molecule has 0 aromatic carbocycles. The fourth-order valence-electron chi connectivity index (χ4n) is 2.16. The summed E-state index contributed by atoms with van der Waals surface area (Å²) in [5, 5.41) is 122. The second-order valence-corrected chi connectivity index (χ2v) is 6.23. The molecule has 0 amide bonds. The highest BCUT2D eigenvalue weighted by atomic mass is 16.4. The maximum absolute atomic E-state index is 11.9. The average molecular weight is 420 g/mol. The zero-order chi connectivity index (χ0) is 22.3. The lowest BCUT2D eigenvalue weighted by Crippen LogP contribution is -2.58. The lowest BCUT2D eigenvalue weighted by molar-refractivity contribution is -0.178. The Morgan fingerprint density at radius 3 is 1.00 bits per heavy atom. The quantitative estimate of drug-likeness (QED) is 0.132. The van der Waals surface area contributed by atoms with E-state index in [1.54, 1.807) is 0 Å². The van der Waals surface area contributed by atoms with Crippen molar-refractivity contribution in [3.63, 3.8) is 0 Å². The Kier molecular flexibility index (Phi) is 11.6. The molecule has 0 saturated carbocycles. The Labute approximate surface area is 158 Å². The van der Waals surface area contributed by atoms with E-state index in [4.69, 9.17) is 20.4 Å². The normalized spacial score (nSPS) is 24.2. The molecule has 0 saturated heterocycles. The van der Waals surface area contributed by atoms with E-state index >= 15 is 0 Å². The van der Waals surface area contributed by atoms with Crippen LogP contribution < -0.4 is 0 Å². The number of aliphatic hydroxyl groups is 13. The fourth-order valence-corrected chi connectivity index (χ4v) is 2.16. The molecule has 0 fully saturated rings. The van der Waals surface area contributed by atoms with Gasteiger partial charge < -0.3 is 66.4 Å². The van der Waals surface area contributed by atoms with Crippen LogP contribution in [-0.4, -0.2) is 153 Å². The van der Waals surface area contributed by atoms with E-state index in [9.17, 15) is 50.8 Å². The molecule has 0 spiro atoms. The predicted octanol–water partition coefficient (Wildman–Crippen LogP) is -8.49. The molecular formula is C14H28O14. The van der Waals surface area contributed by atoms with E-state index < -0.39 is 86.1 Å². The summed E-state index contributed by atoms with van der Waals surface area (Å²) in [6.07, 6.45) is -25.9. The number of hydrogen-bond donors (Lipinski definition) is 13. The first-order valence-corrected chi connectivity index (χ1v) is 8.07. The smallest absolute Gasteiger partial charge is 0.195 e. The Morgan fingerprint density at radius 1 is 0.464 bits per heavy atom. The Balaban J connectivity index is 5.11. The molecule has 0 heterocycles. The molecule has 14 heteroatoms. The predicted molar refractivity (Wildman–Crippen MR) is 85.3 cm³/mol. The first kappa shape index (κ1) is 27.1. The van der Waals surface area contributed by atoms with E-state index in [2.05, 4.69) is 0 Å². The molecule has 0 aliphatic carbocycles. The number of rotatable bonds is 13. The largest absolute Gasteiger partial charge is 0.394 e. The van der Waals surface area contributed by atoms with Gasteiger partial charge in [0, 0.05) is 0 Å². The van der Waals surface area contributed by atoms with Gasteiger partial charge in [-0.1, -0.05) is 0 Å². The minimum absolute atomic E-state index is 1.03. The van der Waals surface area contributed by atoms with Gasteiger partial charge in [0.1, 0.15) is 67.1 Å². The second-order valence-electron chi connectivity index (χ2n) is 6.23. The third kappa shape index (κ3) is 6.60.